The molecule has 0 radical (unpaired) electrons. The molecule has 0 saturated carbocycles. The van der Waals surface area contributed by atoms with E-state index in [4.69, 9.17) is 10.8 Å². The summed E-state index contributed by atoms with van der Waals surface area (Å²) >= 11 is 0. The number of hydrogen-bond acceptors (Lipinski definition) is 3. The van der Waals surface area contributed by atoms with E-state index in [2.05, 4.69) is 0 Å². The summed E-state index contributed by atoms with van der Waals surface area (Å²) in [6.07, 6.45) is 0.156. The summed E-state index contributed by atoms with van der Waals surface area (Å²) < 4.78 is 13.2. The number of hydrogen-bond donors (Lipinski definition) is 2. The Morgan fingerprint density at radius 3 is 2.44 bits per heavy atom. The van der Waals surface area contributed by atoms with Crippen molar-refractivity contribution in [2.24, 2.45) is 0 Å². The van der Waals surface area contributed by atoms with Crippen molar-refractivity contribution in [3.63, 3.8) is 0 Å². The zero-order valence-electron chi connectivity index (χ0n) is 9.56. The van der Waals surface area contributed by atoms with Crippen molar-refractivity contribution in [1.82, 2.24) is 0 Å². The molecule has 0 aliphatic heterocycles. The zero-order valence-corrected chi connectivity index (χ0v) is 9.56. The number of phenolic OH excluding ortho intramolecular Hbond substituents is 1. The monoisotopic (exact) mass is 245 g/mol. The number of nitrogens with two attached hydrogens (primary N) is 1. The highest BCUT2D eigenvalue weighted by molar-refractivity contribution is 5.97. The lowest BCUT2D eigenvalue weighted by molar-refractivity contribution is 0.0992. The molecule has 0 fully saturated rings. The maximum absolute atomic E-state index is 13.2. The van der Waals surface area contributed by atoms with Gasteiger partial charge >= 0.3 is 0 Å². The Balaban J connectivity index is 2.16. The van der Waals surface area contributed by atoms with Crippen molar-refractivity contribution in [3.8, 4) is 5.75 Å². The fraction of sp³-hybridized carbons (Fsp3) is 0.0714. The van der Waals surface area contributed by atoms with Gasteiger partial charge in [-0.05, 0) is 35.9 Å². The van der Waals surface area contributed by atoms with Crippen LogP contribution in [0, 0.1) is 5.82 Å². The quantitative estimate of drug-likeness (QED) is 0.645. The van der Waals surface area contributed by atoms with Gasteiger partial charge in [-0.15, -0.1) is 0 Å². The van der Waals surface area contributed by atoms with Gasteiger partial charge in [0.1, 0.15) is 11.6 Å². The number of ketones is 1. The smallest absolute Gasteiger partial charge is 0.167 e. The number of nitrogen functional groups attached to an aromatic ring is 1. The van der Waals surface area contributed by atoms with E-state index in [0.717, 1.165) is 11.6 Å². The van der Waals surface area contributed by atoms with Crippen LogP contribution < -0.4 is 5.73 Å². The zero-order chi connectivity index (χ0) is 13.1. The minimum atomic E-state index is -0.591. The molecule has 0 atom stereocenters. The van der Waals surface area contributed by atoms with Gasteiger partial charge in [-0.1, -0.05) is 12.1 Å². The maximum Gasteiger partial charge on any atom is 0.167 e. The summed E-state index contributed by atoms with van der Waals surface area (Å²) in [5, 5.41) is 9.13. The number of Topliss-reactive ketones (excluding diaryl/α,β-unsaturated/α-hetero) is 1. The summed E-state index contributed by atoms with van der Waals surface area (Å²) in [4.78, 5) is 11.9. The Hall–Kier alpha value is -2.36. The van der Waals surface area contributed by atoms with Crippen LogP contribution in [-0.4, -0.2) is 10.9 Å². The van der Waals surface area contributed by atoms with E-state index >= 15 is 0 Å². The molecule has 0 saturated heterocycles. The van der Waals surface area contributed by atoms with Crippen molar-refractivity contribution in [1.29, 1.82) is 0 Å². The van der Waals surface area contributed by atoms with Gasteiger partial charge in [0.2, 0.25) is 0 Å². The number of halogens is 1. The molecule has 0 amide bonds. The molecule has 2 aromatic carbocycles. The van der Waals surface area contributed by atoms with E-state index in [1.165, 1.54) is 24.3 Å². The Morgan fingerprint density at radius 1 is 1.17 bits per heavy atom. The van der Waals surface area contributed by atoms with Crippen molar-refractivity contribution in [3.05, 3.63) is 59.4 Å². The Kier molecular flexibility index (Phi) is 3.28. The van der Waals surface area contributed by atoms with Gasteiger partial charge in [-0.3, -0.25) is 4.79 Å². The second-order valence-corrected chi connectivity index (χ2v) is 4.00. The molecule has 3 nitrogen and oxygen atoms in total. The van der Waals surface area contributed by atoms with Gasteiger partial charge in [0.25, 0.3) is 0 Å². The number of carbonyl (C=O) groups excluding carboxylic acids is 1. The van der Waals surface area contributed by atoms with Crippen LogP contribution in [-0.2, 0) is 6.42 Å². The van der Waals surface area contributed by atoms with Gasteiger partial charge in [0, 0.05) is 12.0 Å². The molecular formula is C14H12FNO2. The molecule has 0 spiro atoms. The van der Waals surface area contributed by atoms with Crippen molar-refractivity contribution in [2.45, 2.75) is 6.42 Å². The Morgan fingerprint density at radius 2 is 1.83 bits per heavy atom. The lowest BCUT2D eigenvalue weighted by Crippen LogP contribution is -2.04. The number of aromatic hydroxyl groups is 1. The Labute approximate surface area is 104 Å². The predicted octanol–water partition coefficient (Wildman–Crippen LogP) is 2.54. The van der Waals surface area contributed by atoms with E-state index in [0.29, 0.717) is 0 Å². The molecule has 0 bridgehead atoms. The molecule has 0 heterocycles. The van der Waals surface area contributed by atoms with Crippen LogP contribution in [0.15, 0.2) is 42.5 Å². The van der Waals surface area contributed by atoms with Crippen molar-refractivity contribution < 1.29 is 14.3 Å². The first kappa shape index (κ1) is 12.1. The van der Waals surface area contributed by atoms with Crippen LogP contribution in [0.5, 0.6) is 5.75 Å². The largest absolute Gasteiger partial charge is 0.508 e. The highest BCUT2D eigenvalue weighted by Gasteiger charge is 2.09. The molecule has 18 heavy (non-hydrogen) atoms. The molecule has 92 valence electrons. The standard InChI is InChI=1S/C14H12FNO2/c15-12-8-10(3-6-13(12)16)14(18)7-9-1-4-11(17)5-2-9/h1-6,8,17H,7,16H2. The van der Waals surface area contributed by atoms with Gasteiger partial charge in [0.05, 0.1) is 5.69 Å². The summed E-state index contributed by atoms with van der Waals surface area (Å²) in [6, 6.07) is 10.3. The SMILES string of the molecule is Nc1ccc(C(=O)Cc2ccc(O)cc2)cc1F. The molecule has 2 rings (SSSR count). The normalized spacial score (nSPS) is 10.3. The van der Waals surface area contributed by atoms with Crippen LogP contribution >= 0.6 is 0 Å². The van der Waals surface area contributed by atoms with Gasteiger partial charge in [0.15, 0.2) is 5.78 Å². The highest BCUT2D eigenvalue weighted by atomic mass is 19.1. The lowest BCUT2D eigenvalue weighted by atomic mass is 10.0. The maximum atomic E-state index is 13.2. The second kappa shape index (κ2) is 4.87. The van der Waals surface area contributed by atoms with Gasteiger partial charge in [-0.25, -0.2) is 4.39 Å². The van der Waals surface area contributed by atoms with E-state index in [1.54, 1.807) is 12.1 Å². The Bertz CT molecular complexity index is 579. The van der Waals surface area contributed by atoms with E-state index in [9.17, 15) is 9.18 Å². The molecule has 3 N–H and O–H groups in total. The third kappa shape index (κ3) is 2.66. The first-order valence-electron chi connectivity index (χ1n) is 5.42. The molecule has 0 unspecified atom stereocenters. The first-order chi connectivity index (χ1) is 8.56. The third-order valence-corrected chi connectivity index (χ3v) is 2.62. The summed E-state index contributed by atoms with van der Waals surface area (Å²) in [6.45, 7) is 0. The van der Waals surface area contributed by atoms with E-state index in [1.807, 2.05) is 0 Å². The molecule has 2 aromatic rings. The van der Waals surface area contributed by atoms with Gasteiger partial charge in [-0.2, -0.15) is 0 Å². The third-order valence-electron chi connectivity index (χ3n) is 2.62. The van der Waals surface area contributed by atoms with Crippen molar-refractivity contribution in [2.75, 3.05) is 5.73 Å². The van der Waals surface area contributed by atoms with E-state index in [-0.39, 0.29) is 29.2 Å². The molecule has 0 aliphatic carbocycles. The van der Waals surface area contributed by atoms with Crippen LogP contribution in [0.4, 0.5) is 10.1 Å². The summed E-state index contributed by atoms with van der Waals surface area (Å²) in [5.41, 5.74) is 6.41. The minimum absolute atomic E-state index is 0.0242. The van der Waals surface area contributed by atoms with Crippen LogP contribution in [0.1, 0.15) is 15.9 Å². The second-order valence-electron chi connectivity index (χ2n) is 4.00. The number of anilines is 1. The van der Waals surface area contributed by atoms with E-state index < -0.39 is 5.82 Å². The minimum Gasteiger partial charge on any atom is -0.508 e. The van der Waals surface area contributed by atoms with Crippen molar-refractivity contribution >= 4 is 11.5 Å². The summed E-state index contributed by atoms with van der Waals surface area (Å²) in [5.74, 6) is -0.643. The number of rotatable bonds is 3. The first-order valence-corrected chi connectivity index (χ1v) is 5.42. The fourth-order valence-electron chi connectivity index (χ4n) is 1.60. The predicted molar refractivity (Wildman–Crippen MR) is 67.0 cm³/mol. The number of carbonyl (C=O) groups is 1. The van der Waals surface area contributed by atoms with Crippen LogP contribution in [0.3, 0.4) is 0 Å². The van der Waals surface area contributed by atoms with Crippen LogP contribution in [0.25, 0.3) is 0 Å². The fourth-order valence-corrected chi connectivity index (χ4v) is 1.60. The molecule has 4 heteroatoms. The topological polar surface area (TPSA) is 63.3 Å². The number of phenols is 1. The molecular weight excluding hydrogens is 233 g/mol. The lowest BCUT2D eigenvalue weighted by Gasteiger charge is -2.03. The molecule has 0 aliphatic rings. The van der Waals surface area contributed by atoms with Crippen LogP contribution in [0.2, 0.25) is 0 Å². The summed E-state index contributed by atoms with van der Waals surface area (Å²) in [7, 11) is 0. The average molecular weight is 245 g/mol. The van der Waals surface area contributed by atoms with Gasteiger partial charge < -0.3 is 10.8 Å². The average Bonchev–Trinajstić information content (AvgIpc) is 2.35. The molecule has 0 aromatic heterocycles. The highest BCUT2D eigenvalue weighted by Crippen LogP contribution is 2.15. The number of benzene rings is 2.